The van der Waals surface area contributed by atoms with Gasteiger partial charge in [0.15, 0.2) is 0 Å². The van der Waals surface area contributed by atoms with Crippen LogP contribution in [0.3, 0.4) is 0 Å². The predicted octanol–water partition coefficient (Wildman–Crippen LogP) is 0.367. The van der Waals surface area contributed by atoms with Gasteiger partial charge in [0.2, 0.25) is 0 Å². The number of rotatable bonds is 0. The molecule has 0 aromatic carbocycles. The van der Waals surface area contributed by atoms with Crippen LogP contribution in [0, 0.1) is 0 Å². The van der Waals surface area contributed by atoms with Gasteiger partial charge in [0.25, 0.3) is 0 Å². The van der Waals surface area contributed by atoms with Gasteiger partial charge in [-0.1, -0.05) is 7.43 Å². The standard InChI is InChI=1S/C5H11NO.CH4/c7-5-1-3-6-4-2-5;/h5-7H,1-4H2;1H4. The topological polar surface area (TPSA) is 32.3 Å². The zero-order valence-corrected chi connectivity index (χ0v) is 4.35. The van der Waals surface area contributed by atoms with Crippen LogP contribution < -0.4 is 5.32 Å². The lowest BCUT2D eigenvalue weighted by atomic mass is 10.1. The van der Waals surface area contributed by atoms with E-state index in [1.165, 1.54) is 0 Å². The lowest BCUT2D eigenvalue weighted by Crippen LogP contribution is -2.30. The van der Waals surface area contributed by atoms with Gasteiger partial charge in [-0.25, -0.2) is 0 Å². The second-order valence-electron chi connectivity index (χ2n) is 1.98. The predicted molar refractivity (Wildman–Crippen MR) is 34.8 cm³/mol. The first-order valence-electron chi connectivity index (χ1n) is 2.78. The second-order valence-corrected chi connectivity index (χ2v) is 1.98. The Morgan fingerprint density at radius 1 is 1.25 bits per heavy atom. The molecule has 0 aromatic heterocycles. The van der Waals surface area contributed by atoms with Crippen molar-refractivity contribution in [2.75, 3.05) is 13.1 Å². The normalized spacial score (nSPS) is 22.1. The Labute approximate surface area is 50.9 Å². The molecule has 1 aliphatic heterocycles. The highest BCUT2D eigenvalue weighted by Gasteiger charge is 2.06. The van der Waals surface area contributed by atoms with Gasteiger partial charge in [-0.05, 0) is 25.9 Å². The van der Waals surface area contributed by atoms with E-state index in [0.717, 1.165) is 25.9 Å². The van der Waals surface area contributed by atoms with E-state index in [9.17, 15) is 0 Å². The highest BCUT2D eigenvalue weighted by molar-refractivity contribution is 4.65. The first-order valence-corrected chi connectivity index (χ1v) is 2.78. The number of aliphatic hydroxyl groups excluding tert-OH is 1. The fourth-order valence-electron chi connectivity index (χ4n) is 0.807. The maximum atomic E-state index is 8.87. The van der Waals surface area contributed by atoms with Crippen molar-refractivity contribution in [3.63, 3.8) is 0 Å². The molecule has 1 saturated heterocycles. The van der Waals surface area contributed by atoms with Crippen molar-refractivity contribution >= 4 is 0 Å². The summed E-state index contributed by atoms with van der Waals surface area (Å²) in [4.78, 5) is 0. The lowest BCUT2D eigenvalue weighted by molar-refractivity contribution is 0.137. The van der Waals surface area contributed by atoms with Crippen LogP contribution in [0.2, 0.25) is 0 Å². The van der Waals surface area contributed by atoms with E-state index in [1.54, 1.807) is 0 Å². The fraction of sp³-hybridized carbons (Fsp3) is 1.00. The summed E-state index contributed by atoms with van der Waals surface area (Å²) in [6, 6.07) is 0. The second kappa shape index (κ2) is 3.87. The van der Waals surface area contributed by atoms with Gasteiger partial charge >= 0.3 is 0 Å². The molecule has 1 fully saturated rings. The first kappa shape index (κ1) is 7.92. The van der Waals surface area contributed by atoms with E-state index in [4.69, 9.17) is 5.11 Å². The Bertz CT molecular complexity index is 50.5. The molecule has 0 amide bonds. The molecule has 50 valence electrons. The van der Waals surface area contributed by atoms with E-state index < -0.39 is 0 Å². The van der Waals surface area contributed by atoms with Gasteiger partial charge in [0, 0.05) is 0 Å². The molecule has 0 aliphatic carbocycles. The maximum absolute atomic E-state index is 8.87. The Morgan fingerprint density at radius 2 is 1.75 bits per heavy atom. The van der Waals surface area contributed by atoms with Gasteiger partial charge in [-0.2, -0.15) is 0 Å². The molecule has 0 spiro atoms. The summed E-state index contributed by atoms with van der Waals surface area (Å²) < 4.78 is 0. The molecule has 0 bridgehead atoms. The molecule has 0 saturated carbocycles. The summed E-state index contributed by atoms with van der Waals surface area (Å²) in [6.45, 7) is 1.97. The van der Waals surface area contributed by atoms with Crippen LogP contribution in [0.15, 0.2) is 0 Å². The summed E-state index contributed by atoms with van der Waals surface area (Å²) >= 11 is 0. The van der Waals surface area contributed by atoms with Gasteiger partial charge in [-0.3, -0.25) is 0 Å². The van der Waals surface area contributed by atoms with Crippen LogP contribution in [-0.2, 0) is 0 Å². The van der Waals surface area contributed by atoms with E-state index in [1.807, 2.05) is 0 Å². The summed E-state index contributed by atoms with van der Waals surface area (Å²) in [5, 5.41) is 12.0. The van der Waals surface area contributed by atoms with Crippen molar-refractivity contribution in [1.29, 1.82) is 0 Å². The first-order chi connectivity index (χ1) is 3.39. The highest BCUT2D eigenvalue weighted by Crippen LogP contribution is 1.99. The van der Waals surface area contributed by atoms with E-state index >= 15 is 0 Å². The van der Waals surface area contributed by atoms with Crippen LogP contribution in [0.1, 0.15) is 20.3 Å². The molecule has 2 heteroatoms. The van der Waals surface area contributed by atoms with E-state index in [0.29, 0.717) is 0 Å². The number of hydrogen-bond acceptors (Lipinski definition) is 2. The average molecular weight is 117 g/mol. The number of aliphatic hydroxyl groups is 1. The minimum absolute atomic E-state index is 0. The molecule has 1 aliphatic rings. The molecule has 0 aromatic rings. The molecule has 8 heavy (non-hydrogen) atoms. The van der Waals surface area contributed by atoms with E-state index in [2.05, 4.69) is 5.32 Å². The largest absolute Gasteiger partial charge is 0.393 e. The summed E-state index contributed by atoms with van der Waals surface area (Å²) in [5.41, 5.74) is 0. The van der Waals surface area contributed by atoms with Crippen LogP contribution in [0.5, 0.6) is 0 Å². The van der Waals surface area contributed by atoms with Crippen molar-refractivity contribution in [1.82, 2.24) is 5.32 Å². The Morgan fingerprint density at radius 3 is 2.00 bits per heavy atom. The van der Waals surface area contributed by atoms with Gasteiger partial charge in [0.05, 0.1) is 6.10 Å². The zero-order valence-electron chi connectivity index (χ0n) is 4.35. The summed E-state index contributed by atoms with van der Waals surface area (Å²) in [5.74, 6) is 0. The van der Waals surface area contributed by atoms with E-state index in [-0.39, 0.29) is 13.5 Å². The van der Waals surface area contributed by atoms with Gasteiger partial charge in [0.1, 0.15) is 0 Å². The maximum Gasteiger partial charge on any atom is 0.0564 e. The van der Waals surface area contributed by atoms with Crippen molar-refractivity contribution in [3.05, 3.63) is 0 Å². The molecular weight excluding hydrogens is 102 g/mol. The van der Waals surface area contributed by atoms with Crippen molar-refractivity contribution in [3.8, 4) is 0 Å². The Kier molecular flexibility index (Phi) is 3.83. The molecule has 0 radical (unpaired) electrons. The van der Waals surface area contributed by atoms with Crippen LogP contribution in [0.25, 0.3) is 0 Å². The average Bonchev–Trinajstić information content (AvgIpc) is 1.69. The van der Waals surface area contributed by atoms with Crippen LogP contribution in [-0.4, -0.2) is 24.3 Å². The van der Waals surface area contributed by atoms with Crippen LogP contribution >= 0.6 is 0 Å². The van der Waals surface area contributed by atoms with Gasteiger partial charge in [-0.15, -0.1) is 0 Å². The van der Waals surface area contributed by atoms with Gasteiger partial charge < -0.3 is 10.4 Å². The number of hydrogen-bond donors (Lipinski definition) is 2. The molecule has 2 N–H and O–H groups in total. The number of nitrogens with one attached hydrogen (secondary N) is 1. The molecular formula is C6H15NO. The molecule has 1 rings (SSSR count). The minimum atomic E-state index is -0.0266. The third-order valence-corrected chi connectivity index (χ3v) is 1.31. The third-order valence-electron chi connectivity index (χ3n) is 1.31. The van der Waals surface area contributed by atoms with Crippen molar-refractivity contribution in [2.45, 2.75) is 26.4 Å². The smallest absolute Gasteiger partial charge is 0.0564 e. The zero-order chi connectivity index (χ0) is 5.11. The summed E-state index contributed by atoms with van der Waals surface area (Å²) in [7, 11) is 0. The molecule has 0 unspecified atom stereocenters. The highest BCUT2D eigenvalue weighted by atomic mass is 16.3. The van der Waals surface area contributed by atoms with Crippen molar-refractivity contribution in [2.24, 2.45) is 0 Å². The summed E-state index contributed by atoms with van der Waals surface area (Å²) in [6.07, 6.45) is 1.83. The molecule has 0 atom stereocenters. The Hall–Kier alpha value is -0.0800. The van der Waals surface area contributed by atoms with Crippen molar-refractivity contribution < 1.29 is 5.11 Å². The molecule has 2 nitrogen and oxygen atoms in total. The Balaban J connectivity index is 0.000000490. The fourth-order valence-corrected chi connectivity index (χ4v) is 0.807. The SMILES string of the molecule is C.OC1CCNCC1. The quantitative estimate of drug-likeness (QED) is 0.480. The monoisotopic (exact) mass is 117 g/mol. The number of piperidine rings is 1. The van der Waals surface area contributed by atoms with Crippen LogP contribution in [0.4, 0.5) is 0 Å². The lowest BCUT2D eigenvalue weighted by Gasteiger charge is -2.16. The molecule has 1 heterocycles. The minimum Gasteiger partial charge on any atom is -0.393 e. The third kappa shape index (κ3) is 2.28.